The molecular formula is C30H30Cl2N8O3S. The smallest absolute Gasteiger partial charge is 0.251 e. The van der Waals surface area contributed by atoms with Gasteiger partial charge in [-0.1, -0.05) is 73.6 Å². The maximum Gasteiger partial charge on any atom is 0.251 e. The number of thioether (sulfide) groups is 1. The summed E-state index contributed by atoms with van der Waals surface area (Å²) < 4.78 is 7.16. The zero-order chi connectivity index (χ0) is 31.9. The van der Waals surface area contributed by atoms with E-state index in [0.717, 1.165) is 17.3 Å². The molecule has 0 fully saturated rings. The van der Waals surface area contributed by atoms with Crippen LogP contribution in [0.25, 0.3) is 5.69 Å². The number of rotatable bonds is 9. The Kier molecular flexibility index (Phi) is 10.6. The second-order valence-electron chi connectivity index (χ2n) is 11.0. The SMILES string of the molecule is CC(C)(C#Cc1ccc(NC(=O)CSc2nnnn2-c2ccc(C(C)(C)C)cc2Cl)c(Cl)c1)OCC(=O)Nc1cnccn1. The molecule has 11 nitrogen and oxygen atoms in total. The van der Waals surface area contributed by atoms with Crippen molar-refractivity contribution >= 4 is 58.3 Å². The maximum absolute atomic E-state index is 12.7. The number of carbonyl (C=O) groups excluding carboxylic acids is 2. The predicted molar refractivity (Wildman–Crippen MR) is 171 cm³/mol. The molecule has 44 heavy (non-hydrogen) atoms. The Morgan fingerprint density at radius 2 is 1.80 bits per heavy atom. The number of nitrogens with one attached hydrogen (secondary N) is 2. The van der Waals surface area contributed by atoms with E-state index >= 15 is 0 Å². The van der Waals surface area contributed by atoms with Crippen molar-refractivity contribution in [2.24, 2.45) is 0 Å². The molecular weight excluding hydrogens is 623 g/mol. The number of ether oxygens (including phenoxy) is 1. The molecule has 0 aliphatic heterocycles. The molecule has 0 unspecified atom stereocenters. The van der Waals surface area contributed by atoms with Crippen molar-refractivity contribution < 1.29 is 14.3 Å². The molecule has 0 saturated carbocycles. The number of anilines is 2. The van der Waals surface area contributed by atoms with Gasteiger partial charge in [0.15, 0.2) is 5.82 Å². The topological polar surface area (TPSA) is 137 Å². The highest BCUT2D eigenvalue weighted by Gasteiger charge is 2.19. The monoisotopic (exact) mass is 652 g/mol. The predicted octanol–water partition coefficient (Wildman–Crippen LogP) is 5.57. The average Bonchev–Trinajstić information content (AvgIpc) is 3.44. The number of nitrogens with zero attached hydrogens (tertiary/aromatic N) is 6. The highest BCUT2D eigenvalue weighted by atomic mass is 35.5. The third-order valence-electron chi connectivity index (χ3n) is 5.96. The normalized spacial score (nSPS) is 11.4. The summed E-state index contributed by atoms with van der Waals surface area (Å²) in [6, 6.07) is 10.8. The molecule has 0 aliphatic rings. The van der Waals surface area contributed by atoms with Gasteiger partial charge >= 0.3 is 0 Å². The van der Waals surface area contributed by atoms with Crippen LogP contribution in [0.5, 0.6) is 0 Å². The van der Waals surface area contributed by atoms with Crippen LogP contribution in [0.3, 0.4) is 0 Å². The molecule has 4 aromatic rings. The van der Waals surface area contributed by atoms with Crippen molar-refractivity contribution in [3.05, 3.63) is 76.2 Å². The van der Waals surface area contributed by atoms with Crippen LogP contribution in [-0.4, -0.2) is 60.0 Å². The second-order valence-corrected chi connectivity index (χ2v) is 12.8. The quantitative estimate of drug-likeness (QED) is 0.175. The van der Waals surface area contributed by atoms with Crippen molar-refractivity contribution in [2.75, 3.05) is 23.0 Å². The summed E-state index contributed by atoms with van der Waals surface area (Å²) in [6.45, 7) is 9.59. The van der Waals surface area contributed by atoms with Crippen LogP contribution in [-0.2, 0) is 19.7 Å². The first-order valence-corrected chi connectivity index (χ1v) is 15.1. The van der Waals surface area contributed by atoms with Gasteiger partial charge in [-0.25, -0.2) is 4.98 Å². The number of benzene rings is 2. The van der Waals surface area contributed by atoms with E-state index in [0.29, 0.717) is 38.0 Å². The highest BCUT2D eigenvalue weighted by molar-refractivity contribution is 7.99. The lowest BCUT2D eigenvalue weighted by Crippen LogP contribution is -2.29. The number of tetrazole rings is 1. The zero-order valence-corrected chi connectivity index (χ0v) is 27.0. The van der Waals surface area contributed by atoms with Crippen LogP contribution in [0.2, 0.25) is 10.0 Å². The van der Waals surface area contributed by atoms with Gasteiger partial charge < -0.3 is 15.4 Å². The third kappa shape index (κ3) is 9.24. The van der Waals surface area contributed by atoms with Crippen LogP contribution in [0, 0.1) is 11.8 Å². The Bertz CT molecular complexity index is 1710. The minimum absolute atomic E-state index is 0.0336. The molecule has 0 spiro atoms. The summed E-state index contributed by atoms with van der Waals surface area (Å²) in [4.78, 5) is 32.8. The number of amides is 2. The maximum atomic E-state index is 12.7. The molecule has 228 valence electrons. The van der Waals surface area contributed by atoms with E-state index < -0.39 is 5.60 Å². The molecule has 2 amide bonds. The van der Waals surface area contributed by atoms with Gasteiger partial charge in [-0.05, 0) is 65.6 Å². The van der Waals surface area contributed by atoms with Crippen LogP contribution in [0.4, 0.5) is 11.5 Å². The summed E-state index contributed by atoms with van der Waals surface area (Å²) in [6.07, 6.45) is 4.42. The Morgan fingerprint density at radius 1 is 1.00 bits per heavy atom. The highest BCUT2D eigenvalue weighted by Crippen LogP contribution is 2.30. The summed E-state index contributed by atoms with van der Waals surface area (Å²) >= 11 is 14.1. The van der Waals surface area contributed by atoms with E-state index in [1.54, 1.807) is 32.0 Å². The van der Waals surface area contributed by atoms with Gasteiger partial charge in [0, 0.05) is 18.0 Å². The van der Waals surface area contributed by atoms with Crippen LogP contribution in [0.15, 0.2) is 60.1 Å². The number of hydrogen-bond acceptors (Lipinski definition) is 9. The number of hydrogen-bond donors (Lipinski definition) is 2. The summed E-state index contributed by atoms with van der Waals surface area (Å²) in [5.41, 5.74) is 1.75. The van der Waals surface area contributed by atoms with Crippen LogP contribution < -0.4 is 10.6 Å². The van der Waals surface area contributed by atoms with E-state index in [-0.39, 0.29) is 29.6 Å². The molecule has 2 heterocycles. The van der Waals surface area contributed by atoms with Crippen LogP contribution in [0.1, 0.15) is 45.7 Å². The molecule has 2 N–H and O–H groups in total. The van der Waals surface area contributed by atoms with Gasteiger partial charge in [-0.2, -0.15) is 4.68 Å². The fraction of sp³-hybridized carbons (Fsp3) is 0.300. The lowest BCUT2D eigenvalue weighted by Gasteiger charge is -2.20. The molecule has 4 rings (SSSR count). The van der Waals surface area contributed by atoms with E-state index in [9.17, 15) is 9.59 Å². The molecule has 14 heteroatoms. The Morgan fingerprint density at radius 3 is 2.48 bits per heavy atom. The Hall–Kier alpha value is -4.02. The van der Waals surface area contributed by atoms with Gasteiger partial charge in [-0.3, -0.25) is 14.6 Å². The van der Waals surface area contributed by atoms with E-state index in [2.05, 4.69) is 68.7 Å². The zero-order valence-electron chi connectivity index (χ0n) is 24.7. The minimum Gasteiger partial charge on any atom is -0.353 e. The first kappa shape index (κ1) is 32.9. The van der Waals surface area contributed by atoms with Gasteiger partial charge in [-0.15, -0.1) is 5.10 Å². The van der Waals surface area contributed by atoms with Crippen molar-refractivity contribution in [2.45, 2.75) is 50.8 Å². The lowest BCUT2D eigenvalue weighted by atomic mass is 9.87. The summed E-state index contributed by atoms with van der Waals surface area (Å²) in [5.74, 6) is 5.68. The molecule has 0 aliphatic carbocycles. The van der Waals surface area contributed by atoms with Crippen molar-refractivity contribution in [3.8, 4) is 17.5 Å². The molecule has 0 radical (unpaired) electrons. The van der Waals surface area contributed by atoms with E-state index in [4.69, 9.17) is 27.9 Å². The molecule has 2 aromatic heterocycles. The van der Waals surface area contributed by atoms with Gasteiger partial charge in [0.05, 0.1) is 33.4 Å². The van der Waals surface area contributed by atoms with Crippen molar-refractivity contribution in [3.63, 3.8) is 0 Å². The van der Waals surface area contributed by atoms with Crippen LogP contribution >= 0.6 is 35.0 Å². The minimum atomic E-state index is -0.926. The molecule has 0 saturated heterocycles. The third-order valence-corrected chi connectivity index (χ3v) is 7.50. The molecule has 2 aromatic carbocycles. The van der Waals surface area contributed by atoms with Gasteiger partial charge in [0.25, 0.3) is 5.91 Å². The number of carbonyl (C=O) groups is 2. The van der Waals surface area contributed by atoms with E-state index in [1.165, 1.54) is 23.3 Å². The first-order valence-electron chi connectivity index (χ1n) is 13.3. The van der Waals surface area contributed by atoms with Gasteiger partial charge in [0.1, 0.15) is 12.2 Å². The fourth-order valence-corrected chi connectivity index (χ4v) is 4.80. The lowest BCUT2D eigenvalue weighted by molar-refractivity contribution is -0.123. The van der Waals surface area contributed by atoms with Crippen molar-refractivity contribution in [1.82, 2.24) is 30.2 Å². The summed E-state index contributed by atoms with van der Waals surface area (Å²) in [7, 11) is 0. The fourth-order valence-electron chi connectivity index (χ4n) is 3.62. The number of halogens is 2. The molecule has 0 atom stereocenters. The van der Waals surface area contributed by atoms with Gasteiger partial charge in [0.2, 0.25) is 11.1 Å². The largest absolute Gasteiger partial charge is 0.353 e. The average molecular weight is 654 g/mol. The summed E-state index contributed by atoms with van der Waals surface area (Å²) in [5, 5.41) is 18.5. The van der Waals surface area contributed by atoms with E-state index in [1.807, 2.05) is 18.2 Å². The van der Waals surface area contributed by atoms with Crippen molar-refractivity contribution in [1.29, 1.82) is 0 Å². The first-order chi connectivity index (χ1) is 20.8. The molecule has 0 bridgehead atoms. The second kappa shape index (κ2) is 14.2. The standard InChI is InChI=1S/C30H30Cl2N8O3S/c1-29(2,3)20-7-9-24(22(32)15-20)40-28(37-38-39-40)44-18-27(42)35-23-8-6-19(14-21(23)31)10-11-30(4,5)43-17-26(41)36-25-16-33-12-13-34-25/h6-9,12-16H,17-18H2,1-5H3,(H,35,42)(H,34,36,41). The Balaban J connectivity index is 1.31. The number of aromatic nitrogens is 6. The Labute approximate surface area is 269 Å².